The quantitative estimate of drug-likeness (QED) is 0.666. The molecule has 3 heteroatoms. The zero-order valence-electron chi connectivity index (χ0n) is 13.9. The molecule has 2 aromatic heterocycles. The van der Waals surface area contributed by atoms with Gasteiger partial charge in [0.2, 0.25) is 0 Å². The summed E-state index contributed by atoms with van der Waals surface area (Å²) in [6.07, 6.45) is 13.7. The van der Waals surface area contributed by atoms with Crippen LogP contribution in [0.1, 0.15) is 44.1 Å². The van der Waals surface area contributed by atoms with Gasteiger partial charge in [0.15, 0.2) is 0 Å². The highest BCUT2D eigenvalue weighted by Crippen LogP contribution is 2.26. The van der Waals surface area contributed by atoms with E-state index >= 15 is 0 Å². The molecule has 0 bridgehead atoms. The Morgan fingerprint density at radius 2 is 2.22 bits per heavy atom. The van der Waals surface area contributed by atoms with Crippen LogP contribution in [0.2, 0.25) is 0 Å². The molecule has 0 spiro atoms. The first-order valence-corrected chi connectivity index (χ1v) is 8.56. The zero-order valence-corrected chi connectivity index (χ0v) is 13.9. The van der Waals surface area contributed by atoms with Crippen molar-refractivity contribution in [2.24, 2.45) is 13.0 Å². The highest BCUT2D eigenvalue weighted by molar-refractivity contribution is 5.86. The number of hydrogen-bond donors (Lipinski definition) is 1. The third-order valence-electron chi connectivity index (χ3n) is 4.60. The van der Waals surface area contributed by atoms with E-state index in [4.69, 9.17) is 0 Å². The normalized spacial score (nSPS) is 15.2. The lowest BCUT2D eigenvalue weighted by Crippen LogP contribution is -2.04. The first-order valence-electron chi connectivity index (χ1n) is 8.56. The summed E-state index contributed by atoms with van der Waals surface area (Å²) in [7, 11) is 2.03. The van der Waals surface area contributed by atoms with Crippen molar-refractivity contribution in [2.45, 2.75) is 38.5 Å². The number of hydrogen-bond acceptors (Lipinski definition) is 2. The van der Waals surface area contributed by atoms with Crippen LogP contribution in [0.3, 0.4) is 0 Å². The van der Waals surface area contributed by atoms with Crippen LogP contribution in [-0.4, -0.2) is 16.1 Å². The Kier molecular flexibility index (Phi) is 5.02. The van der Waals surface area contributed by atoms with Crippen LogP contribution in [0, 0.1) is 17.8 Å². The second-order valence-corrected chi connectivity index (χ2v) is 6.43. The molecule has 1 aliphatic carbocycles. The molecule has 0 aromatic carbocycles. The van der Waals surface area contributed by atoms with E-state index in [0.29, 0.717) is 0 Å². The smallest absolute Gasteiger partial charge is 0.141 e. The molecule has 0 radical (unpaired) electrons. The summed E-state index contributed by atoms with van der Waals surface area (Å²) in [5, 5.41) is 4.42. The molecule has 120 valence electrons. The van der Waals surface area contributed by atoms with Crippen LogP contribution < -0.4 is 5.32 Å². The molecule has 1 aliphatic rings. The van der Waals surface area contributed by atoms with E-state index in [1.54, 1.807) is 0 Å². The molecule has 1 fully saturated rings. The Morgan fingerprint density at radius 1 is 1.39 bits per heavy atom. The average molecular weight is 307 g/mol. The van der Waals surface area contributed by atoms with Crippen molar-refractivity contribution in [2.75, 3.05) is 11.9 Å². The van der Waals surface area contributed by atoms with E-state index in [0.717, 1.165) is 41.2 Å². The van der Waals surface area contributed by atoms with Crippen molar-refractivity contribution in [1.29, 1.82) is 0 Å². The number of pyridine rings is 1. The summed E-state index contributed by atoms with van der Waals surface area (Å²) in [5.41, 5.74) is 3.07. The minimum Gasteiger partial charge on any atom is -0.380 e. The maximum Gasteiger partial charge on any atom is 0.141 e. The molecule has 23 heavy (non-hydrogen) atoms. The van der Waals surface area contributed by atoms with Crippen molar-refractivity contribution in [1.82, 2.24) is 9.55 Å². The number of fused-ring (bicyclic) bond motifs is 1. The average Bonchev–Trinajstić information content (AvgIpc) is 2.90. The third-order valence-corrected chi connectivity index (χ3v) is 4.60. The van der Waals surface area contributed by atoms with Gasteiger partial charge in [0, 0.05) is 31.6 Å². The van der Waals surface area contributed by atoms with E-state index < -0.39 is 0 Å². The Morgan fingerprint density at radius 3 is 3.00 bits per heavy atom. The van der Waals surface area contributed by atoms with Crippen LogP contribution in [0.25, 0.3) is 11.0 Å². The lowest BCUT2D eigenvalue weighted by atomic mass is 9.87. The van der Waals surface area contributed by atoms with Gasteiger partial charge in [-0.1, -0.05) is 37.2 Å². The molecule has 0 amide bonds. The molecule has 3 nitrogen and oxygen atoms in total. The van der Waals surface area contributed by atoms with E-state index in [9.17, 15) is 0 Å². The van der Waals surface area contributed by atoms with E-state index in [2.05, 4.69) is 45.6 Å². The van der Waals surface area contributed by atoms with Gasteiger partial charge in [-0.3, -0.25) is 0 Å². The largest absolute Gasteiger partial charge is 0.380 e. The number of rotatable bonds is 4. The number of nitrogens with one attached hydrogen (secondary N) is 1. The highest BCUT2D eigenvalue weighted by Gasteiger charge is 2.12. The molecule has 2 aromatic rings. The maximum atomic E-state index is 4.55. The molecule has 0 atom stereocenters. The fourth-order valence-electron chi connectivity index (χ4n) is 3.33. The van der Waals surface area contributed by atoms with Crippen LogP contribution >= 0.6 is 0 Å². The summed E-state index contributed by atoms with van der Waals surface area (Å²) < 4.78 is 2.05. The van der Waals surface area contributed by atoms with Gasteiger partial charge in [0.25, 0.3) is 0 Å². The van der Waals surface area contributed by atoms with E-state index in [1.165, 1.54) is 32.1 Å². The topological polar surface area (TPSA) is 29.9 Å². The van der Waals surface area contributed by atoms with Gasteiger partial charge in [-0.25, -0.2) is 4.98 Å². The van der Waals surface area contributed by atoms with Gasteiger partial charge in [0.1, 0.15) is 5.65 Å². The standard InChI is InChI=1S/C20H25N3/c1-3-12-21-18-13-19-17(15-23(2)20(19)22-14-18)11-7-10-16-8-5-4-6-9-16/h3,13-16,21H,1,4-6,8-10,12H2,2H3. The summed E-state index contributed by atoms with van der Waals surface area (Å²) in [6, 6.07) is 2.14. The molecule has 1 N–H and O–H groups in total. The third kappa shape index (κ3) is 3.76. The Hall–Kier alpha value is -2.21. The molecule has 1 saturated carbocycles. The Bertz CT molecular complexity index is 739. The van der Waals surface area contributed by atoms with Gasteiger partial charge in [-0.2, -0.15) is 0 Å². The summed E-state index contributed by atoms with van der Waals surface area (Å²) in [4.78, 5) is 4.55. The highest BCUT2D eigenvalue weighted by atomic mass is 15.0. The summed E-state index contributed by atoms with van der Waals surface area (Å²) in [6.45, 7) is 4.47. The zero-order chi connectivity index (χ0) is 16.1. The van der Waals surface area contributed by atoms with Crippen molar-refractivity contribution >= 4 is 16.7 Å². The summed E-state index contributed by atoms with van der Waals surface area (Å²) >= 11 is 0. The first kappa shape index (κ1) is 15.7. The SMILES string of the molecule is C=CCNc1cnc2c(c1)c(C#CCC1CCCCC1)cn2C. The van der Waals surface area contributed by atoms with Crippen LogP contribution in [0.5, 0.6) is 0 Å². The molecular formula is C20H25N3. The lowest BCUT2D eigenvalue weighted by molar-refractivity contribution is 0.365. The van der Waals surface area contributed by atoms with Crippen molar-refractivity contribution in [3.63, 3.8) is 0 Å². The molecule has 0 aliphatic heterocycles. The number of aryl methyl sites for hydroxylation is 1. The number of nitrogens with zero attached hydrogens (tertiary/aromatic N) is 2. The predicted molar refractivity (Wildman–Crippen MR) is 97.5 cm³/mol. The van der Waals surface area contributed by atoms with Gasteiger partial charge >= 0.3 is 0 Å². The van der Waals surface area contributed by atoms with Gasteiger partial charge < -0.3 is 9.88 Å². The molecule has 3 rings (SSSR count). The van der Waals surface area contributed by atoms with E-state index in [-0.39, 0.29) is 0 Å². The van der Waals surface area contributed by atoms with Gasteiger partial charge in [0.05, 0.1) is 17.4 Å². The predicted octanol–water partition coefficient (Wildman–Crippen LogP) is 4.49. The van der Waals surface area contributed by atoms with Gasteiger partial charge in [-0.15, -0.1) is 6.58 Å². The van der Waals surface area contributed by atoms with Crippen molar-refractivity contribution < 1.29 is 0 Å². The fourth-order valence-corrected chi connectivity index (χ4v) is 3.33. The van der Waals surface area contributed by atoms with E-state index in [1.807, 2.05) is 19.3 Å². The lowest BCUT2D eigenvalue weighted by Gasteiger charge is -2.18. The monoisotopic (exact) mass is 307 g/mol. The molecule has 0 unspecified atom stereocenters. The van der Waals surface area contributed by atoms with Crippen LogP contribution in [-0.2, 0) is 7.05 Å². The Labute approximate surface area is 138 Å². The summed E-state index contributed by atoms with van der Waals surface area (Å²) in [5.74, 6) is 7.59. The molecule has 2 heterocycles. The fraction of sp³-hybridized carbons (Fsp3) is 0.450. The Balaban J connectivity index is 1.80. The van der Waals surface area contributed by atoms with Crippen LogP contribution in [0.4, 0.5) is 5.69 Å². The minimum atomic E-state index is 0.739. The number of aromatic nitrogens is 2. The second kappa shape index (κ2) is 7.37. The number of anilines is 1. The van der Waals surface area contributed by atoms with Crippen LogP contribution in [0.15, 0.2) is 31.1 Å². The van der Waals surface area contributed by atoms with Crippen molar-refractivity contribution in [3.05, 3.63) is 36.7 Å². The van der Waals surface area contributed by atoms with Crippen molar-refractivity contribution in [3.8, 4) is 11.8 Å². The second-order valence-electron chi connectivity index (χ2n) is 6.43. The first-order chi connectivity index (χ1) is 11.3. The molecule has 0 saturated heterocycles. The maximum absolute atomic E-state index is 4.55. The minimum absolute atomic E-state index is 0.739. The molecular weight excluding hydrogens is 282 g/mol. The van der Waals surface area contributed by atoms with Gasteiger partial charge in [-0.05, 0) is 24.8 Å².